The standard InChI is InChI=1S/C15H23F2NS/c1-3-12-4-5-13(19-12)10-14(18-2)11-6-8-15(16,17)9-7-11/h4-5,11,14,18H,3,6-10H2,1-2H3. The molecule has 0 radical (unpaired) electrons. The highest BCUT2D eigenvalue weighted by atomic mass is 32.1. The SMILES string of the molecule is CCc1ccc(CC(NC)C2CCC(F)(F)CC2)s1. The summed E-state index contributed by atoms with van der Waals surface area (Å²) in [5.41, 5.74) is 0. The second-order valence-corrected chi connectivity index (χ2v) is 6.77. The molecule has 1 aliphatic carbocycles. The minimum atomic E-state index is -2.42. The highest BCUT2D eigenvalue weighted by Gasteiger charge is 2.37. The summed E-state index contributed by atoms with van der Waals surface area (Å²) in [6, 6.07) is 4.70. The lowest BCUT2D eigenvalue weighted by Crippen LogP contribution is -2.39. The van der Waals surface area contributed by atoms with E-state index in [1.165, 1.54) is 9.75 Å². The predicted molar refractivity (Wildman–Crippen MR) is 77.2 cm³/mol. The van der Waals surface area contributed by atoms with Crippen LogP contribution in [0.3, 0.4) is 0 Å². The van der Waals surface area contributed by atoms with E-state index in [4.69, 9.17) is 0 Å². The topological polar surface area (TPSA) is 12.0 Å². The molecule has 1 fully saturated rings. The second-order valence-electron chi connectivity index (χ2n) is 5.51. The maximum Gasteiger partial charge on any atom is 0.248 e. The molecule has 1 aromatic heterocycles. The van der Waals surface area contributed by atoms with Gasteiger partial charge < -0.3 is 5.32 Å². The smallest absolute Gasteiger partial charge is 0.248 e. The summed E-state index contributed by atoms with van der Waals surface area (Å²) >= 11 is 1.85. The predicted octanol–water partition coefficient (Wildman–Crippen LogP) is 4.27. The van der Waals surface area contributed by atoms with E-state index in [1.54, 1.807) is 0 Å². The van der Waals surface area contributed by atoms with Crippen LogP contribution in [0.15, 0.2) is 12.1 Å². The van der Waals surface area contributed by atoms with Crippen molar-refractivity contribution in [1.29, 1.82) is 0 Å². The molecule has 1 nitrogen and oxygen atoms in total. The number of halogens is 2. The fourth-order valence-electron chi connectivity index (χ4n) is 2.91. The molecule has 1 saturated carbocycles. The zero-order valence-corrected chi connectivity index (χ0v) is 12.5. The quantitative estimate of drug-likeness (QED) is 0.853. The molecular formula is C15H23F2NS. The molecule has 19 heavy (non-hydrogen) atoms. The highest BCUT2D eigenvalue weighted by Crippen LogP contribution is 2.38. The van der Waals surface area contributed by atoms with Crippen LogP contribution in [-0.4, -0.2) is 19.0 Å². The van der Waals surface area contributed by atoms with E-state index < -0.39 is 5.92 Å². The number of hydrogen-bond donors (Lipinski definition) is 1. The molecular weight excluding hydrogens is 264 g/mol. The fraction of sp³-hybridized carbons (Fsp3) is 0.733. The zero-order valence-electron chi connectivity index (χ0n) is 11.7. The van der Waals surface area contributed by atoms with Crippen LogP contribution < -0.4 is 5.32 Å². The van der Waals surface area contributed by atoms with Crippen LogP contribution in [0.2, 0.25) is 0 Å². The Hall–Kier alpha value is -0.480. The summed E-state index contributed by atoms with van der Waals surface area (Å²) in [4.78, 5) is 2.77. The molecule has 108 valence electrons. The minimum absolute atomic E-state index is 0.0560. The summed E-state index contributed by atoms with van der Waals surface area (Å²) in [6.07, 6.45) is 3.44. The Bertz CT molecular complexity index is 393. The van der Waals surface area contributed by atoms with Gasteiger partial charge in [-0.1, -0.05) is 6.92 Å². The molecule has 1 heterocycles. The van der Waals surface area contributed by atoms with Crippen LogP contribution in [0, 0.1) is 5.92 Å². The zero-order chi connectivity index (χ0) is 13.9. The molecule has 0 saturated heterocycles. The summed E-state index contributed by atoms with van der Waals surface area (Å²) in [7, 11) is 1.95. The number of rotatable bonds is 5. The number of alkyl halides is 2. The van der Waals surface area contributed by atoms with Crippen molar-refractivity contribution in [2.24, 2.45) is 5.92 Å². The number of thiophene rings is 1. The maximum absolute atomic E-state index is 13.2. The average molecular weight is 287 g/mol. The van der Waals surface area contributed by atoms with Gasteiger partial charge in [0.1, 0.15) is 0 Å². The molecule has 0 aliphatic heterocycles. The lowest BCUT2D eigenvalue weighted by atomic mass is 9.81. The summed E-state index contributed by atoms with van der Waals surface area (Å²) in [6.45, 7) is 2.16. The van der Waals surface area contributed by atoms with Gasteiger partial charge in [0.25, 0.3) is 0 Å². The summed E-state index contributed by atoms with van der Waals surface area (Å²) < 4.78 is 26.4. The third-order valence-corrected chi connectivity index (χ3v) is 5.44. The molecule has 0 bridgehead atoms. The first-order valence-corrected chi connectivity index (χ1v) is 7.98. The molecule has 1 atom stereocenters. The van der Waals surface area contributed by atoms with Crippen LogP contribution in [-0.2, 0) is 12.8 Å². The largest absolute Gasteiger partial charge is 0.316 e. The lowest BCUT2D eigenvalue weighted by molar-refractivity contribution is -0.0492. The Labute approximate surface area is 118 Å². The van der Waals surface area contributed by atoms with Crippen LogP contribution in [0.1, 0.15) is 42.4 Å². The van der Waals surface area contributed by atoms with Crippen molar-refractivity contribution in [3.63, 3.8) is 0 Å². The van der Waals surface area contributed by atoms with E-state index in [0.717, 1.165) is 12.8 Å². The maximum atomic E-state index is 13.2. The highest BCUT2D eigenvalue weighted by molar-refractivity contribution is 7.11. The van der Waals surface area contributed by atoms with Crippen molar-refractivity contribution in [3.8, 4) is 0 Å². The Kier molecular flexibility index (Phi) is 4.96. The van der Waals surface area contributed by atoms with E-state index in [9.17, 15) is 8.78 Å². The van der Waals surface area contributed by atoms with Gasteiger partial charge in [-0.15, -0.1) is 11.3 Å². The fourth-order valence-corrected chi connectivity index (χ4v) is 3.92. The van der Waals surface area contributed by atoms with Crippen LogP contribution in [0.4, 0.5) is 8.78 Å². The number of aryl methyl sites for hydroxylation is 1. The van der Waals surface area contributed by atoms with Crippen LogP contribution in [0.5, 0.6) is 0 Å². The average Bonchev–Trinajstić information content (AvgIpc) is 2.84. The molecule has 1 aromatic rings. The van der Waals surface area contributed by atoms with Crippen molar-refractivity contribution < 1.29 is 8.78 Å². The third-order valence-electron chi connectivity index (χ3n) is 4.19. The van der Waals surface area contributed by atoms with Crippen LogP contribution in [0.25, 0.3) is 0 Å². The number of likely N-dealkylation sites (N-methyl/N-ethyl adjacent to an activating group) is 1. The summed E-state index contributed by atoms with van der Waals surface area (Å²) in [5.74, 6) is -2.04. The first-order chi connectivity index (χ1) is 9.04. The van der Waals surface area contributed by atoms with Crippen molar-refractivity contribution in [2.75, 3.05) is 7.05 Å². The number of nitrogens with one attached hydrogen (secondary N) is 1. The second kappa shape index (κ2) is 6.31. The van der Waals surface area contributed by atoms with Crippen molar-refractivity contribution in [1.82, 2.24) is 5.32 Å². The van der Waals surface area contributed by atoms with Gasteiger partial charge >= 0.3 is 0 Å². The summed E-state index contributed by atoms with van der Waals surface area (Å²) in [5, 5.41) is 3.34. The van der Waals surface area contributed by atoms with E-state index in [0.29, 0.717) is 24.8 Å². The minimum Gasteiger partial charge on any atom is -0.316 e. The number of hydrogen-bond acceptors (Lipinski definition) is 2. The van der Waals surface area contributed by atoms with Gasteiger partial charge in [-0.25, -0.2) is 8.78 Å². The Balaban J connectivity index is 1.93. The van der Waals surface area contributed by atoms with Crippen LogP contribution >= 0.6 is 11.3 Å². The van der Waals surface area contributed by atoms with E-state index in [1.807, 2.05) is 18.4 Å². The molecule has 0 aromatic carbocycles. The van der Waals surface area contributed by atoms with E-state index in [-0.39, 0.29) is 12.8 Å². The molecule has 1 N–H and O–H groups in total. The van der Waals surface area contributed by atoms with Crippen molar-refractivity contribution in [2.45, 2.75) is 57.4 Å². The monoisotopic (exact) mass is 287 g/mol. The first-order valence-electron chi connectivity index (χ1n) is 7.16. The lowest BCUT2D eigenvalue weighted by Gasteiger charge is -2.33. The third kappa shape index (κ3) is 3.99. The molecule has 1 aliphatic rings. The van der Waals surface area contributed by atoms with Crippen molar-refractivity contribution >= 4 is 11.3 Å². The van der Waals surface area contributed by atoms with Gasteiger partial charge in [-0.3, -0.25) is 0 Å². The first kappa shape index (κ1) is 14.9. The van der Waals surface area contributed by atoms with Gasteiger partial charge in [0, 0.05) is 28.6 Å². The molecule has 1 unspecified atom stereocenters. The van der Waals surface area contributed by atoms with Gasteiger partial charge in [-0.05, 0) is 50.8 Å². The Morgan fingerprint density at radius 3 is 2.47 bits per heavy atom. The van der Waals surface area contributed by atoms with Gasteiger partial charge in [0.2, 0.25) is 5.92 Å². The van der Waals surface area contributed by atoms with E-state index in [2.05, 4.69) is 24.4 Å². The molecule has 0 spiro atoms. The van der Waals surface area contributed by atoms with Gasteiger partial charge in [0.05, 0.1) is 0 Å². The van der Waals surface area contributed by atoms with E-state index >= 15 is 0 Å². The van der Waals surface area contributed by atoms with Crippen molar-refractivity contribution in [3.05, 3.63) is 21.9 Å². The Morgan fingerprint density at radius 1 is 1.32 bits per heavy atom. The molecule has 2 rings (SSSR count). The molecule has 0 amide bonds. The Morgan fingerprint density at radius 2 is 1.95 bits per heavy atom. The van der Waals surface area contributed by atoms with Gasteiger partial charge in [0.15, 0.2) is 0 Å². The molecule has 4 heteroatoms. The normalized spacial score (nSPS) is 21.5. The van der Waals surface area contributed by atoms with Gasteiger partial charge in [-0.2, -0.15) is 0 Å².